The number of hydrogen-bond donors (Lipinski definition) is 3. The molecule has 0 saturated heterocycles. The number of carbonyl (C=O) groups is 1. The topological polar surface area (TPSA) is 90.6 Å². The standard InChI is InChI=1S/C13H10N4O2/c18-11-7-3-6-10(14-11)12(19)17-13-15-8-4-1-2-5-9(8)16-13/h1-7H,(H,14,18)(H2,15,16,17,19). The van der Waals surface area contributed by atoms with E-state index in [2.05, 4.69) is 20.3 Å². The fraction of sp³-hybridized carbons (Fsp3) is 0. The highest BCUT2D eigenvalue weighted by Gasteiger charge is 2.09. The third-order valence-corrected chi connectivity index (χ3v) is 2.63. The number of rotatable bonds is 2. The summed E-state index contributed by atoms with van der Waals surface area (Å²) in [5, 5.41) is 2.60. The Balaban J connectivity index is 1.88. The molecule has 0 spiro atoms. The Bertz CT molecular complexity index is 770. The third-order valence-electron chi connectivity index (χ3n) is 2.63. The lowest BCUT2D eigenvalue weighted by Gasteiger charge is -2.00. The van der Waals surface area contributed by atoms with Crippen molar-refractivity contribution in [2.75, 3.05) is 5.32 Å². The minimum atomic E-state index is -0.420. The molecule has 0 bridgehead atoms. The molecule has 0 saturated carbocycles. The third kappa shape index (κ3) is 2.23. The van der Waals surface area contributed by atoms with Crippen molar-refractivity contribution in [3.63, 3.8) is 0 Å². The Morgan fingerprint density at radius 1 is 1.05 bits per heavy atom. The van der Waals surface area contributed by atoms with E-state index in [0.717, 1.165) is 11.0 Å². The van der Waals surface area contributed by atoms with Gasteiger partial charge in [0.2, 0.25) is 11.5 Å². The van der Waals surface area contributed by atoms with Gasteiger partial charge in [0.25, 0.3) is 5.91 Å². The number of pyridine rings is 1. The summed E-state index contributed by atoms with van der Waals surface area (Å²) in [6, 6.07) is 11.8. The van der Waals surface area contributed by atoms with Crippen molar-refractivity contribution < 1.29 is 4.79 Å². The number of nitrogens with zero attached hydrogens (tertiary/aromatic N) is 1. The van der Waals surface area contributed by atoms with Crippen LogP contribution in [-0.4, -0.2) is 20.9 Å². The molecule has 19 heavy (non-hydrogen) atoms. The Morgan fingerprint density at radius 2 is 1.89 bits per heavy atom. The van der Waals surface area contributed by atoms with Crippen LogP contribution in [0.25, 0.3) is 11.0 Å². The van der Waals surface area contributed by atoms with Crippen molar-refractivity contribution in [1.82, 2.24) is 15.0 Å². The second-order valence-corrected chi connectivity index (χ2v) is 3.99. The number of hydrogen-bond acceptors (Lipinski definition) is 3. The summed E-state index contributed by atoms with van der Waals surface area (Å²) in [6.07, 6.45) is 0. The van der Waals surface area contributed by atoms with Crippen LogP contribution in [0.15, 0.2) is 47.3 Å². The van der Waals surface area contributed by atoms with Gasteiger partial charge in [-0.3, -0.25) is 14.9 Å². The molecule has 0 atom stereocenters. The van der Waals surface area contributed by atoms with Gasteiger partial charge >= 0.3 is 0 Å². The molecule has 0 fully saturated rings. The number of nitrogens with one attached hydrogen (secondary N) is 3. The first-order valence-electron chi connectivity index (χ1n) is 5.68. The summed E-state index contributed by atoms with van der Waals surface area (Å²) in [4.78, 5) is 32.7. The van der Waals surface area contributed by atoms with Crippen LogP contribution < -0.4 is 10.9 Å². The second-order valence-electron chi connectivity index (χ2n) is 3.99. The number of imidazole rings is 1. The van der Waals surface area contributed by atoms with E-state index in [1.165, 1.54) is 18.2 Å². The smallest absolute Gasteiger partial charge is 0.274 e. The minimum Gasteiger partial charge on any atom is -0.324 e. The summed E-state index contributed by atoms with van der Waals surface area (Å²) in [5.74, 6) is -0.0762. The van der Waals surface area contributed by atoms with Gasteiger partial charge in [-0.25, -0.2) is 4.98 Å². The number of H-pyrrole nitrogens is 2. The highest BCUT2D eigenvalue weighted by Crippen LogP contribution is 2.13. The Kier molecular flexibility index (Phi) is 2.60. The van der Waals surface area contributed by atoms with Gasteiger partial charge in [-0.1, -0.05) is 18.2 Å². The lowest BCUT2D eigenvalue weighted by molar-refractivity contribution is 0.102. The van der Waals surface area contributed by atoms with Crippen LogP contribution in [0.1, 0.15) is 10.5 Å². The first kappa shape index (κ1) is 11.2. The zero-order valence-electron chi connectivity index (χ0n) is 9.81. The molecule has 2 aromatic heterocycles. The SMILES string of the molecule is O=C(Nc1nc2ccccc2[nH]1)c1cccc(=O)[nH]1. The molecule has 0 unspecified atom stereocenters. The second kappa shape index (κ2) is 4.41. The summed E-state index contributed by atoms with van der Waals surface area (Å²) < 4.78 is 0. The van der Waals surface area contributed by atoms with E-state index in [9.17, 15) is 9.59 Å². The van der Waals surface area contributed by atoms with Gasteiger partial charge < -0.3 is 9.97 Å². The number of aromatic amines is 2. The quantitative estimate of drug-likeness (QED) is 0.647. The Hall–Kier alpha value is -2.89. The van der Waals surface area contributed by atoms with Crippen LogP contribution >= 0.6 is 0 Å². The van der Waals surface area contributed by atoms with Crippen molar-refractivity contribution in [2.45, 2.75) is 0 Å². The van der Waals surface area contributed by atoms with Crippen molar-refractivity contribution in [1.29, 1.82) is 0 Å². The molecule has 0 radical (unpaired) electrons. The van der Waals surface area contributed by atoms with Gasteiger partial charge in [0.15, 0.2) is 0 Å². The zero-order chi connectivity index (χ0) is 13.2. The van der Waals surface area contributed by atoms with Crippen molar-refractivity contribution in [2.24, 2.45) is 0 Å². The van der Waals surface area contributed by atoms with Crippen molar-refractivity contribution >= 4 is 22.9 Å². The van der Waals surface area contributed by atoms with Crippen molar-refractivity contribution in [3.05, 3.63) is 58.5 Å². The van der Waals surface area contributed by atoms with Crippen LogP contribution in [0.2, 0.25) is 0 Å². The average molecular weight is 254 g/mol. The molecular formula is C13H10N4O2. The molecule has 1 amide bonds. The summed E-state index contributed by atoms with van der Waals surface area (Å²) in [5.41, 5.74) is 1.46. The molecule has 6 nitrogen and oxygen atoms in total. The Morgan fingerprint density at radius 3 is 2.68 bits per heavy atom. The van der Waals surface area contributed by atoms with Crippen LogP contribution in [0.4, 0.5) is 5.95 Å². The van der Waals surface area contributed by atoms with Gasteiger partial charge in [-0.2, -0.15) is 0 Å². The number of aromatic nitrogens is 3. The molecule has 0 aliphatic heterocycles. The zero-order valence-corrected chi connectivity index (χ0v) is 9.81. The molecular weight excluding hydrogens is 244 g/mol. The maximum atomic E-state index is 11.9. The van der Waals surface area contributed by atoms with Gasteiger partial charge in [0.1, 0.15) is 5.69 Å². The monoisotopic (exact) mass is 254 g/mol. The largest absolute Gasteiger partial charge is 0.324 e. The van der Waals surface area contributed by atoms with Gasteiger partial charge in [-0.15, -0.1) is 0 Å². The predicted octanol–water partition coefficient (Wildman–Crippen LogP) is 1.50. The van der Waals surface area contributed by atoms with Crippen LogP contribution in [0, 0.1) is 0 Å². The van der Waals surface area contributed by atoms with E-state index in [1.807, 2.05) is 24.3 Å². The van der Waals surface area contributed by atoms with Crippen molar-refractivity contribution in [3.8, 4) is 0 Å². The van der Waals surface area contributed by atoms with Crippen LogP contribution in [-0.2, 0) is 0 Å². The summed E-state index contributed by atoms with van der Waals surface area (Å²) in [7, 11) is 0. The fourth-order valence-electron chi connectivity index (χ4n) is 1.77. The van der Waals surface area contributed by atoms with E-state index in [-0.39, 0.29) is 11.3 Å². The fourth-order valence-corrected chi connectivity index (χ4v) is 1.77. The maximum absolute atomic E-state index is 11.9. The molecule has 94 valence electrons. The van der Waals surface area contributed by atoms with Crippen LogP contribution in [0.3, 0.4) is 0 Å². The maximum Gasteiger partial charge on any atom is 0.274 e. The number of carbonyl (C=O) groups excluding carboxylic acids is 1. The van der Waals surface area contributed by atoms with Crippen LogP contribution in [0.5, 0.6) is 0 Å². The number of benzene rings is 1. The van der Waals surface area contributed by atoms with E-state index in [1.54, 1.807) is 0 Å². The number of anilines is 1. The summed E-state index contributed by atoms with van der Waals surface area (Å²) in [6.45, 7) is 0. The molecule has 3 rings (SSSR count). The first-order valence-corrected chi connectivity index (χ1v) is 5.68. The number of para-hydroxylation sites is 2. The van der Waals surface area contributed by atoms with Gasteiger partial charge in [0.05, 0.1) is 11.0 Å². The molecule has 0 aliphatic carbocycles. The van der Waals surface area contributed by atoms with Gasteiger partial charge in [-0.05, 0) is 18.2 Å². The normalized spacial score (nSPS) is 10.5. The lowest BCUT2D eigenvalue weighted by Crippen LogP contribution is -2.18. The summed E-state index contributed by atoms with van der Waals surface area (Å²) >= 11 is 0. The molecule has 3 N–H and O–H groups in total. The van der Waals surface area contributed by atoms with Gasteiger partial charge in [0, 0.05) is 6.07 Å². The number of fused-ring (bicyclic) bond motifs is 1. The lowest BCUT2D eigenvalue weighted by atomic mass is 10.3. The Labute approximate surface area is 107 Å². The first-order chi connectivity index (χ1) is 9.22. The molecule has 1 aromatic carbocycles. The predicted molar refractivity (Wildman–Crippen MR) is 71.1 cm³/mol. The average Bonchev–Trinajstić information content (AvgIpc) is 2.80. The van der Waals surface area contributed by atoms with E-state index in [0.29, 0.717) is 5.95 Å². The van der Waals surface area contributed by atoms with E-state index >= 15 is 0 Å². The number of amides is 1. The highest BCUT2D eigenvalue weighted by molar-refractivity contribution is 6.02. The molecule has 3 aromatic rings. The molecule has 6 heteroatoms. The van der Waals surface area contributed by atoms with E-state index < -0.39 is 5.91 Å². The molecule has 2 heterocycles. The highest BCUT2D eigenvalue weighted by atomic mass is 16.2. The van der Waals surface area contributed by atoms with E-state index in [4.69, 9.17) is 0 Å². The minimum absolute atomic E-state index is 0.188. The molecule has 0 aliphatic rings.